The second-order valence-electron chi connectivity index (χ2n) is 5.12. The lowest BCUT2D eigenvalue weighted by atomic mass is 10.1. The van der Waals surface area contributed by atoms with Crippen LogP contribution >= 0.6 is 12.4 Å². The van der Waals surface area contributed by atoms with Gasteiger partial charge in [-0.1, -0.05) is 6.07 Å². The fourth-order valence-electron chi connectivity index (χ4n) is 2.49. The minimum atomic E-state index is -0.365. The van der Waals surface area contributed by atoms with E-state index >= 15 is 0 Å². The average Bonchev–Trinajstić information content (AvgIpc) is 3.00. The number of hydrogen-bond donors (Lipinski definition) is 2. The molecule has 0 saturated carbocycles. The molecule has 3 N–H and O–H groups in total. The molecule has 3 heterocycles. The Labute approximate surface area is 148 Å². The van der Waals surface area contributed by atoms with Crippen LogP contribution in [0.5, 0.6) is 11.5 Å². The second kappa shape index (κ2) is 6.74. The molecule has 25 heavy (non-hydrogen) atoms. The highest BCUT2D eigenvalue weighted by atomic mass is 35.5. The maximum Gasteiger partial charge on any atom is 0.141 e. The fourth-order valence-corrected chi connectivity index (χ4v) is 2.49. The van der Waals surface area contributed by atoms with Crippen molar-refractivity contribution < 1.29 is 9.13 Å². The van der Waals surface area contributed by atoms with Crippen molar-refractivity contribution in [1.29, 1.82) is 0 Å². The van der Waals surface area contributed by atoms with Crippen LogP contribution in [-0.2, 0) is 0 Å². The van der Waals surface area contributed by atoms with Crippen LogP contribution in [-0.4, -0.2) is 19.9 Å². The quantitative estimate of drug-likeness (QED) is 0.579. The number of nitrogen functional groups attached to an aromatic ring is 1. The van der Waals surface area contributed by atoms with Crippen molar-refractivity contribution in [2.24, 2.45) is 0 Å². The predicted molar refractivity (Wildman–Crippen MR) is 95.3 cm³/mol. The lowest BCUT2D eigenvalue weighted by molar-refractivity contribution is 0.482. The molecule has 0 aliphatic rings. The molecule has 0 saturated heterocycles. The van der Waals surface area contributed by atoms with Gasteiger partial charge in [0, 0.05) is 30.1 Å². The van der Waals surface area contributed by atoms with Crippen LogP contribution in [0.25, 0.3) is 22.3 Å². The van der Waals surface area contributed by atoms with E-state index in [9.17, 15) is 4.39 Å². The van der Waals surface area contributed by atoms with E-state index in [1.165, 1.54) is 18.5 Å². The predicted octanol–water partition coefficient (Wildman–Crippen LogP) is 3.96. The van der Waals surface area contributed by atoms with E-state index in [0.29, 0.717) is 28.7 Å². The van der Waals surface area contributed by atoms with Crippen molar-refractivity contribution in [3.05, 3.63) is 60.9 Å². The summed E-state index contributed by atoms with van der Waals surface area (Å²) in [6.07, 6.45) is 4.79. The number of fused-ring (bicyclic) bond motifs is 1. The molecule has 0 fully saturated rings. The number of nitrogens with one attached hydrogen (secondary N) is 1. The first-order valence-electron chi connectivity index (χ1n) is 7.18. The smallest absolute Gasteiger partial charge is 0.141 e. The molecule has 0 aliphatic carbocycles. The van der Waals surface area contributed by atoms with E-state index < -0.39 is 0 Å². The molecule has 0 spiro atoms. The standard InChI is InChI=1S/C17H12FN5O.ClH/c18-10-2-1-3-11(6-10)24-14-4-5-20-17-16(14)12(8-21-17)13-7-15(19)23-9-22-13;/h1-9H,(H,20,21)(H2,19,22,23);1H. The number of hydrogen-bond acceptors (Lipinski definition) is 5. The number of H-pyrrole nitrogens is 1. The molecule has 0 radical (unpaired) electrons. The highest BCUT2D eigenvalue weighted by molar-refractivity contribution is 5.97. The molecule has 0 unspecified atom stereocenters. The van der Waals surface area contributed by atoms with Gasteiger partial charge in [0.2, 0.25) is 0 Å². The van der Waals surface area contributed by atoms with Crippen LogP contribution < -0.4 is 10.5 Å². The van der Waals surface area contributed by atoms with Crippen molar-refractivity contribution >= 4 is 29.3 Å². The van der Waals surface area contributed by atoms with Crippen molar-refractivity contribution in [3.63, 3.8) is 0 Å². The molecule has 0 amide bonds. The zero-order chi connectivity index (χ0) is 16.5. The Balaban J connectivity index is 0.00000182. The van der Waals surface area contributed by atoms with Crippen LogP contribution in [0.15, 0.2) is 55.1 Å². The molecule has 4 aromatic rings. The first kappa shape index (κ1) is 16.7. The Bertz CT molecular complexity index is 1040. The monoisotopic (exact) mass is 357 g/mol. The van der Waals surface area contributed by atoms with E-state index in [4.69, 9.17) is 10.5 Å². The summed E-state index contributed by atoms with van der Waals surface area (Å²) in [5.41, 5.74) is 7.79. The van der Waals surface area contributed by atoms with Crippen LogP contribution in [0.3, 0.4) is 0 Å². The van der Waals surface area contributed by atoms with Crippen molar-refractivity contribution in [2.75, 3.05) is 5.73 Å². The molecule has 3 aromatic heterocycles. The Morgan fingerprint density at radius 1 is 1.08 bits per heavy atom. The lowest BCUT2D eigenvalue weighted by Crippen LogP contribution is -1.93. The third-order valence-electron chi connectivity index (χ3n) is 3.52. The Kier molecular flexibility index (Phi) is 4.49. The maximum atomic E-state index is 13.4. The highest BCUT2D eigenvalue weighted by Crippen LogP contribution is 2.36. The molecule has 0 atom stereocenters. The summed E-state index contributed by atoms with van der Waals surface area (Å²) in [5.74, 6) is 0.942. The summed E-state index contributed by atoms with van der Waals surface area (Å²) in [6, 6.07) is 9.34. The fraction of sp³-hybridized carbons (Fsp3) is 0. The average molecular weight is 358 g/mol. The van der Waals surface area contributed by atoms with E-state index in [1.807, 2.05) is 0 Å². The largest absolute Gasteiger partial charge is 0.456 e. The number of aromatic nitrogens is 4. The van der Waals surface area contributed by atoms with Crippen LogP contribution in [0.1, 0.15) is 0 Å². The van der Waals surface area contributed by atoms with Gasteiger partial charge in [-0.15, -0.1) is 12.4 Å². The summed E-state index contributed by atoms with van der Waals surface area (Å²) in [7, 11) is 0. The van der Waals surface area contributed by atoms with Gasteiger partial charge >= 0.3 is 0 Å². The van der Waals surface area contributed by atoms with Gasteiger partial charge in [0.15, 0.2) is 0 Å². The first-order valence-corrected chi connectivity index (χ1v) is 7.18. The number of halogens is 2. The molecule has 1 aromatic carbocycles. The molecule has 4 rings (SSSR count). The minimum Gasteiger partial charge on any atom is -0.456 e. The number of pyridine rings is 1. The highest BCUT2D eigenvalue weighted by Gasteiger charge is 2.14. The van der Waals surface area contributed by atoms with E-state index in [2.05, 4.69) is 19.9 Å². The number of anilines is 1. The van der Waals surface area contributed by atoms with E-state index in [-0.39, 0.29) is 18.2 Å². The molecule has 0 aliphatic heterocycles. The van der Waals surface area contributed by atoms with Crippen molar-refractivity contribution in [2.45, 2.75) is 0 Å². The SMILES string of the molecule is Cl.Nc1cc(-c2c[nH]c3nccc(Oc4cccc(F)c4)c23)ncn1. The number of aromatic amines is 1. The number of nitrogens with two attached hydrogens (primary N) is 1. The van der Waals surface area contributed by atoms with Crippen LogP contribution in [0.2, 0.25) is 0 Å². The van der Waals surface area contributed by atoms with Crippen LogP contribution in [0, 0.1) is 5.82 Å². The first-order chi connectivity index (χ1) is 11.7. The summed E-state index contributed by atoms with van der Waals surface area (Å²) >= 11 is 0. The van der Waals surface area contributed by atoms with Gasteiger partial charge in [0.1, 0.15) is 35.1 Å². The summed E-state index contributed by atoms with van der Waals surface area (Å²) in [5, 5.41) is 0.736. The van der Waals surface area contributed by atoms with E-state index in [0.717, 1.165) is 10.9 Å². The van der Waals surface area contributed by atoms with Gasteiger partial charge in [0.25, 0.3) is 0 Å². The van der Waals surface area contributed by atoms with Gasteiger partial charge in [-0.3, -0.25) is 0 Å². The number of ether oxygens (including phenoxy) is 1. The zero-order valence-corrected chi connectivity index (χ0v) is 13.6. The number of nitrogens with zero attached hydrogens (tertiary/aromatic N) is 3. The van der Waals surface area contributed by atoms with Gasteiger partial charge in [0.05, 0.1) is 11.1 Å². The van der Waals surface area contributed by atoms with Gasteiger partial charge in [-0.05, 0) is 18.2 Å². The topological polar surface area (TPSA) is 89.7 Å². The summed E-state index contributed by atoms with van der Waals surface area (Å²) in [6.45, 7) is 0. The summed E-state index contributed by atoms with van der Waals surface area (Å²) in [4.78, 5) is 15.5. The summed E-state index contributed by atoms with van der Waals surface area (Å²) < 4.78 is 19.2. The van der Waals surface area contributed by atoms with E-state index in [1.54, 1.807) is 36.7 Å². The van der Waals surface area contributed by atoms with Gasteiger partial charge in [-0.25, -0.2) is 19.3 Å². The zero-order valence-electron chi connectivity index (χ0n) is 12.8. The Morgan fingerprint density at radius 3 is 2.76 bits per heavy atom. The molecule has 126 valence electrons. The molecular formula is C17H13ClFN5O. The molecule has 0 bridgehead atoms. The second-order valence-corrected chi connectivity index (χ2v) is 5.12. The number of benzene rings is 1. The van der Waals surface area contributed by atoms with Crippen molar-refractivity contribution in [1.82, 2.24) is 19.9 Å². The normalized spacial score (nSPS) is 10.4. The van der Waals surface area contributed by atoms with Crippen LogP contribution in [0.4, 0.5) is 10.2 Å². The molecular weight excluding hydrogens is 345 g/mol. The molecule has 6 nitrogen and oxygen atoms in total. The lowest BCUT2D eigenvalue weighted by Gasteiger charge is -2.08. The third-order valence-corrected chi connectivity index (χ3v) is 3.52. The van der Waals surface area contributed by atoms with Crippen molar-refractivity contribution in [3.8, 4) is 22.8 Å². The Hall–Kier alpha value is -3.19. The maximum absolute atomic E-state index is 13.4. The number of rotatable bonds is 3. The Morgan fingerprint density at radius 2 is 1.96 bits per heavy atom. The third kappa shape index (κ3) is 3.22. The minimum absolute atomic E-state index is 0. The van der Waals surface area contributed by atoms with Gasteiger partial charge in [-0.2, -0.15) is 0 Å². The molecule has 8 heteroatoms. The van der Waals surface area contributed by atoms with Gasteiger partial charge < -0.3 is 15.5 Å².